The van der Waals surface area contributed by atoms with E-state index in [9.17, 15) is 4.79 Å². The zero-order valence-electron chi connectivity index (χ0n) is 15.5. The number of aromatic nitrogens is 2. The van der Waals surface area contributed by atoms with E-state index in [1.54, 1.807) is 29.2 Å². The number of nitrogens with zero attached hydrogens (tertiary/aromatic N) is 6. The molecule has 1 aromatic carbocycles. The second kappa shape index (κ2) is 8.14. The van der Waals surface area contributed by atoms with Crippen LogP contribution < -0.4 is 9.80 Å². The fourth-order valence-corrected chi connectivity index (χ4v) is 4.54. The molecule has 3 heterocycles. The Labute approximate surface area is 164 Å². The Morgan fingerprint density at radius 2 is 1.74 bits per heavy atom. The maximum Gasteiger partial charge on any atom is 0.334 e. The molecule has 2 aliphatic heterocycles. The van der Waals surface area contributed by atoms with Crippen LogP contribution in [0.25, 0.3) is 0 Å². The van der Waals surface area contributed by atoms with Gasteiger partial charge in [0.25, 0.3) is 0 Å². The van der Waals surface area contributed by atoms with Gasteiger partial charge in [0.2, 0.25) is 5.95 Å². The first kappa shape index (κ1) is 18.1. The van der Waals surface area contributed by atoms with Gasteiger partial charge in [0, 0.05) is 58.7 Å². The van der Waals surface area contributed by atoms with Gasteiger partial charge in [0.15, 0.2) is 0 Å². The van der Waals surface area contributed by atoms with E-state index in [-0.39, 0.29) is 6.03 Å². The smallest absolute Gasteiger partial charge is 0.334 e. The van der Waals surface area contributed by atoms with Crippen molar-refractivity contribution in [2.24, 2.45) is 0 Å². The standard InChI is InChI=1S/C19H24N6OS/c1-22-16-6-2-3-7-17(16)27-25(19(22)26)11-5-10-23-12-14-24(15-13-23)18-20-8-4-9-21-18/h2-4,6-9H,5,10-15H2,1H3. The van der Waals surface area contributed by atoms with Crippen molar-refractivity contribution in [1.29, 1.82) is 0 Å². The summed E-state index contributed by atoms with van der Waals surface area (Å²) >= 11 is 1.55. The highest BCUT2D eigenvalue weighted by Gasteiger charge is 2.28. The number of anilines is 2. The van der Waals surface area contributed by atoms with Crippen molar-refractivity contribution in [3.8, 4) is 0 Å². The van der Waals surface area contributed by atoms with Crippen molar-refractivity contribution in [1.82, 2.24) is 19.2 Å². The van der Waals surface area contributed by atoms with Gasteiger partial charge in [-0.15, -0.1) is 0 Å². The summed E-state index contributed by atoms with van der Waals surface area (Å²) in [5, 5.41) is 0. The van der Waals surface area contributed by atoms with E-state index in [1.165, 1.54) is 0 Å². The van der Waals surface area contributed by atoms with Crippen molar-refractivity contribution in [2.45, 2.75) is 11.3 Å². The molecule has 0 bridgehead atoms. The number of hydrogen-bond acceptors (Lipinski definition) is 6. The zero-order chi connectivity index (χ0) is 18.6. The van der Waals surface area contributed by atoms with Crippen LogP contribution >= 0.6 is 11.9 Å². The summed E-state index contributed by atoms with van der Waals surface area (Å²) in [7, 11) is 1.85. The molecule has 0 N–H and O–H groups in total. The van der Waals surface area contributed by atoms with Crippen LogP contribution in [0.5, 0.6) is 0 Å². The van der Waals surface area contributed by atoms with Crippen molar-refractivity contribution < 1.29 is 4.79 Å². The van der Waals surface area contributed by atoms with E-state index in [0.29, 0.717) is 0 Å². The van der Waals surface area contributed by atoms with Crippen LogP contribution in [-0.4, -0.2) is 71.5 Å². The summed E-state index contributed by atoms with van der Waals surface area (Å²) in [6, 6.07) is 9.96. The molecule has 7 nitrogen and oxygen atoms in total. The Hall–Kier alpha value is -2.32. The third-order valence-corrected chi connectivity index (χ3v) is 6.08. The number of piperazine rings is 1. The largest absolute Gasteiger partial charge is 0.338 e. The fourth-order valence-electron chi connectivity index (χ4n) is 3.44. The van der Waals surface area contributed by atoms with Gasteiger partial charge in [0.05, 0.1) is 10.6 Å². The molecule has 0 unspecified atom stereocenters. The van der Waals surface area contributed by atoms with Crippen molar-refractivity contribution >= 4 is 29.6 Å². The van der Waals surface area contributed by atoms with Crippen LogP contribution in [0.15, 0.2) is 47.6 Å². The molecular formula is C19H24N6OS. The van der Waals surface area contributed by atoms with E-state index in [4.69, 9.17) is 0 Å². The Bertz CT molecular complexity index is 781. The van der Waals surface area contributed by atoms with Crippen LogP contribution in [0, 0.1) is 0 Å². The number of amides is 2. The zero-order valence-corrected chi connectivity index (χ0v) is 16.3. The number of fused-ring (bicyclic) bond motifs is 1. The van der Waals surface area contributed by atoms with Gasteiger partial charge in [-0.1, -0.05) is 12.1 Å². The first-order valence-corrected chi connectivity index (χ1v) is 10.1. The highest BCUT2D eigenvalue weighted by Crippen LogP contribution is 2.37. The lowest BCUT2D eigenvalue weighted by molar-refractivity contribution is 0.224. The molecule has 142 valence electrons. The number of benzene rings is 1. The van der Waals surface area contributed by atoms with Crippen LogP contribution in [0.2, 0.25) is 0 Å². The molecule has 4 rings (SSSR count). The molecule has 0 aliphatic carbocycles. The third kappa shape index (κ3) is 4.01. The average Bonchev–Trinajstić information content (AvgIpc) is 2.73. The minimum absolute atomic E-state index is 0.0599. The molecule has 0 atom stereocenters. The van der Waals surface area contributed by atoms with Crippen molar-refractivity contribution in [3.05, 3.63) is 42.7 Å². The van der Waals surface area contributed by atoms with Crippen LogP contribution in [0.1, 0.15) is 6.42 Å². The summed E-state index contributed by atoms with van der Waals surface area (Å²) in [4.78, 5) is 28.8. The summed E-state index contributed by atoms with van der Waals surface area (Å²) in [5.41, 5.74) is 0.989. The lowest BCUT2D eigenvalue weighted by atomic mass is 10.3. The molecule has 27 heavy (non-hydrogen) atoms. The molecule has 8 heteroatoms. The second-order valence-corrected chi connectivity index (χ2v) is 7.80. The number of hydrogen-bond donors (Lipinski definition) is 0. The number of carbonyl (C=O) groups excluding carboxylic acids is 1. The lowest BCUT2D eigenvalue weighted by Crippen LogP contribution is -2.48. The highest BCUT2D eigenvalue weighted by atomic mass is 32.2. The molecule has 0 spiro atoms. The molecule has 2 aromatic rings. The van der Waals surface area contributed by atoms with Gasteiger partial charge in [-0.3, -0.25) is 14.1 Å². The maximum atomic E-state index is 12.6. The number of rotatable bonds is 5. The van der Waals surface area contributed by atoms with E-state index in [2.05, 4.69) is 25.8 Å². The average molecular weight is 385 g/mol. The topological polar surface area (TPSA) is 55.8 Å². The Kier molecular flexibility index (Phi) is 5.45. The van der Waals surface area contributed by atoms with Crippen LogP contribution in [0.4, 0.5) is 16.4 Å². The van der Waals surface area contributed by atoms with Crippen molar-refractivity contribution in [3.63, 3.8) is 0 Å². The van der Waals surface area contributed by atoms with Crippen LogP contribution in [-0.2, 0) is 0 Å². The molecule has 2 amide bonds. The van der Waals surface area contributed by atoms with Crippen LogP contribution in [0.3, 0.4) is 0 Å². The lowest BCUT2D eigenvalue weighted by Gasteiger charge is -2.36. The predicted molar refractivity (Wildman–Crippen MR) is 108 cm³/mol. The SMILES string of the molecule is CN1C(=O)N(CCCN2CCN(c3ncccn3)CC2)Sc2ccccc21. The molecule has 1 saturated heterocycles. The minimum Gasteiger partial charge on any atom is -0.338 e. The van der Waals surface area contributed by atoms with E-state index >= 15 is 0 Å². The monoisotopic (exact) mass is 384 g/mol. The molecular weight excluding hydrogens is 360 g/mol. The van der Waals surface area contributed by atoms with E-state index < -0.39 is 0 Å². The predicted octanol–water partition coefficient (Wildman–Crippen LogP) is 2.57. The van der Waals surface area contributed by atoms with Gasteiger partial charge >= 0.3 is 6.03 Å². The number of para-hydroxylation sites is 1. The quantitative estimate of drug-likeness (QED) is 0.739. The fraction of sp³-hybridized carbons (Fsp3) is 0.421. The summed E-state index contributed by atoms with van der Waals surface area (Å²) in [6.07, 6.45) is 4.55. The van der Waals surface area contributed by atoms with E-state index in [0.717, 1.165) is 62.2 Å². The summed E-state index contributed by atoms with van der Waals surface area (Å²) in [5.74, 6) is 0.814. The molecule has 0 saturated carbocycles. The van der Waals surface area contributed by atoms with Crippen molar-refractivity contribution in [2.75, 3.05) is 56.1 Å². The minimum atomic E-state index is 0.0599. The normalized spacial score (nSPS) is 18.0. The molecule has 2 aliphatic rings. The summed E-state index contributed by atoms with van der Waals surface area (Å²) < 4.78 is 1.87. The molecule has 0 radical (unpaired) electrons. The second-order valence-electron chi connectivity index (χ2n) is 6.73. The number of carbonyl (C=O) groups is 1. The number of urea groups is 1. The van der Waals surface area contributed by atoms with Gasteiger partial charge in [-0.2, -0.15) is 0 Å². The molecule has 1 fully saturated rings. The van der Waals surface area contributed by atoms with Gasteiger partial charge < -0.3 is 4.90 Å². The van der Waals surface area contributed by atoms with E-state index in [1.807, 2.05) is 35.6 Å². The Balaban J connectivity index is 1.25. The van der Waals surface area contributed by atoms with Gasteiger partial charge in [-0.05, 0) is 36.6 Å². The Morgan fingerprint density at radius 3 is 2.52 bits per heavy atom. The van der Waals surface area contributed by atoms with Gasteiger partial charge in [0.1, 0.15) is 0 Å². The molecule has 1 aromatic heterocycles. The Morgan fingerprint density at radius 1 is 1.00 bits per heavy atom. The van der Waals surface area contributed by atoms with Gasteiger partial charge in [-0.25, -0.2) is 14.8 Å². The maximum absolute atomic E-state index is 12.6. The highest BCUT2D eigenvalue weighted by molar-refractivity contribution is 7.97. The summed E-state index contributed by atoms with van der Waals surface area (Å²) in [6.45, 7) is 5.64. The third-order valence-electron chi connectivity index (χ3n) is 4.98. The first-order valence-electron chi connectivity index (χ1n) is 9.29. The first-order chi connectivity index (χ1) is 13.2.